The van der Waals surface area contributed by atoms with Crippen molar-refractivity contribution in [3.63, 3.8) is 0 Å². The number of hydrogen-bond donors (Lipinski definition) is 4. The minimum atomic E-state index is -1.33. The molecule has 4 N–H and O–H groups in total. The second-order valence-corrected chi connectivity index (χ2v) is 8.88. The van der Waals surface area contributed by atoms with Crippen molar-refractivity contribution in [2.24, 2.45) is 0 Å². The van der Waals surface area contributed by atoms with Gasteiger partial charge < -0.3 is 22.5 Å². The van der Waals surface area contributed by atoms with E-state index in [9.17, 15) is 8.60 Å². The van der Waals surface area contributed by atoms with Gasteiger partial charge in [0.05, 0.1) is 29.4 Å². The Kier molecular flexibility index (Phi) is 8.72. The number of fused-ring (bicyclic) bond motifs is 1. The first kappa shape index (κ1) is 25.2. The molecule has 0 radical (unpaired) electrons. The molecule has 162 valence electrons. The molecule has 1 saturated carbocycles. The van der Waals surface area contributed by atoms with Crippen LogP contribution in [0.25, 0.3) is 0 Å². The summed E-state index contributed by atoms with van der Waals surface area (Å²) >= 11 is 0. The molecule has 8 nitrogen and oxygen atoms in total. The van der Waals surface area contributed by atoms with Gasteiger partial charge in [-0.1, -0.05) is 0 Å². The molecule has 3 atom stereocenters. The second kappa shape index (κ2) is 10.7. The third-order valence-corrected chi connectivity index (χ3v) is 6.81. The topological polar surface area (TPSA) is 94.3 Å². The van der Waals surface area contributed by atoms with Gasteiger partial charge in [0, 0.05) is 36.8 Å². The number of anilines is 2. The van der Waals surface area contributed by atoms with Gasteiger partial charge in [0.2, 0.25) is 0 Å². The molecule has 2 aliphatic heterocycles. The van der Waals surface area contributed by atoms with E-state index in [4.69, 9.17) is 4.74 Å². The van der Waals surface area contributed by atoms with Crippen LogP contribution in [0, 0.1) is 13.2 Å². The minimum Gasteiger partial charge on any atom is -0.492 e. The SMILES string of the molecule is CN1C=C(OC2CCC(c3cc(Nc4ccc5c(c4F)CNS5=O)n[nH]3)C2)CN1.[CH3-].[Cs+]. The van der Waals surface area contributed by atoms with Crippen molar-refractivity contribution < 1.29 is 82.2 Å². The number of H-pyrrole nitrogens is 1. The third kappa shape index (κ3) is 5.41. The van der Waals surface area contributed by atoms with Crippen molar-refractivity contribution >= 4 is 22.5 Å². The average molecular weight is 566 g/mol. The first-order valence-electron chi connectivity index (χ1n) is 9.69. The van der Waals surface area contributed by atoms with Gasteiger partial charge in [-0.2, -0.15) is 5.10 Å². The third-order valence-electron chi connectivity index (χ3n) is 5.62. The predicted octanol–water partition coefficient (Wildman–Crippen LogP) is -0.183. The molecule has 3 heterocycles. The summed E-state index contributed by atoms with van der Waals surface area (Å²) in [6, 6.07) is 5.22. The molecule has 0 spiro atoms. The summed E-state index contributed by atoms with van der Waals surface area (Å²) < 4.78 is 35.3. The van der Waals surface area contributed by atoms with Gasteiger partial charge in [0.25, 0.3) is 0 Å². The van der Waals surface area contributed by atoms with Crippen LogP contribution >= 0.6 is 0 Å². The molecule has 31 heavy (non-hydrogen) atoms. The van der Waals surface area contributed by atoms with Crippen LogP contribution < -0.4 is 84.4 Å². The van der Waals surface area contributed by atoms with E-state index in [-0.39, 0.29) is 94.8 Å². The van der Waals surface area contributed by atoms with E-state index in [1.54, 1.807) is 12.1 Å². The summed E-state index contributed by atoms with van der Waals surface area (Å²) in [5.74, 6) is 1.49. The van der Waals surface area contributed by atoms with Crippen molar-refractivity contribution in [1.82, 2.24) is 25.4 Å². The Morgan fingerprint density at radius 2 is 2.16 bits per heavy atom. The first-order chi connectivity index (χ1) is 14.1. The van der Waals surface area contributed by atoms with E-state index in [1.165, 1.54) is 0 Å². The van der Waals surface area contributed by atoms with Crippen LogP contribution in [0.1, 0.15) is 36.4 Å². The predicted molar refractivity (Wildman–Crippen MR) is 113 cm³/mol. The Hall–Kier alpha value is -0.378. The molecule has 2 aromatic rings. The number of aromatic nitrogens is 2. The van der Waals surface area contributed by atoms with Crippen LogP contribution in [0.5, 0.6) is 0 Å². The maximum absolute atomic E-state index is 14.7. The molecule has 1 aromatic heterocycles. The Morgan fingerprint density at radius 1 is 1.32 bits per heavy atom. The summed E-state index contributed by atoms with van der Waals surface area (Å²) in [6.07, 6.45) is 5.11. The van der Waals surface area contributed by atoms with E-state index in [2.05, 4.69) is 25.7 Å². The summed E-state index contributed by atoms with van der Waals surface area (Å²) in [5, 5.41) is 12.3. The maximum Gasteiger partial charge on any atom is 1.00 e. The summed E-state index contributed by atoms with van der Waals surface area (Å²) in [6.45, 7) is 0.992. The van der Waals surface area contributed by atoms with E-state index in [0.29, 0.717) is 27.9 Å². The van der Waals surface area contributed by atoms with E-state index in [1.807, 2.05) is 24.3 Å². The molecular weight excluding hydrogens is 540 g/mol. The summed E-state index contributed by atoms with van der Waals surface area (Å²) in [5.41, 5.74) is 4.98. The number of aromatic amines is 1. The number of ether oxygens (including phenoxy) is 1. The van der Waals surface area contributed by atoms with Crippen molar-refractivity contribution in [3.05, 3.63) is 54.7 Å². The fourth-order valence-corrected chi connectivity index (χ4v) is 5.14. The van der Waals surface area contributed by atoms with Crippen LogP contribution in [0.3, 0.4) is 0 Å². The number of halogens is 1. The van der Waals surface area contributed by atoms with E-state index >= 15 is 0 Å². The van der Waals surface area contributed by atoms with E-state index < -0.39 is 11.0 Å². The van der Waals surface area contributed by atoms with Gasteiger partial charge in [0.1, 0.15) is 16.7 Å². The van der Waals surface area contributed by atoms with Gasteiger partial charge in [-0.3, -0.25) is 5.10 Å². The number of rotatable bonds is 5. The Bertz CT molecular complexity index is 1000. The number of nitrogens with one attached hydrogen (secondary N) is 4. The van der Waals surface area contributed by atoms with Gasteiger partial charge in [-0.15, -0.1) is 0 Å². The molecule has 11 heteroatoms. The van der Waals surface area contributed by atoms with Crippen LogP contribution in [-0.4, -0.2) is 39.1 Å². The van der Waals surface area contributed by atoms with Gasteiger partial charge in [-0.05, 0) is 31.4 Å². The molecule has 1 fully saturated rings. The molecule has 3 unspecified atom stereocenters. The van der Waals surface area contributed by atoms with Gasteiger partial charge in [-0.25, -0.2) is 18.7 Å². The zero-order valence-electron chi connectivity index (χ0n) is 18.0. The molecule has 0 amide bonds. The van der Waals surface area contributed by atoms with Crippen molar-refractivity contribution in [2.75, 3.05) is 18.9 Å². The number of hydrogen-bond acceptors (Lipinski definition) is 6. The van der Waals surface area contributed by atoms with Gasteiger partial charge in [0.15, 0.2) is 11.6 Å². The maximum atomic E-state index is 14.7. The van der Waals surface area contributed by atoms with Gasteiger partial charge >= 0.3 is 68.9 Å². The molecular formula is C20H26CsFN6O2S. The Labute approximate surface area is 243 Å². The average Bonchev–Trinajstić information content (AvgIpc) is 3.47. The van der Waals surface area contributed by atoms with Crippen molar-refractivity contribution in [3.8, 4) is 0 Å². The Morgan fingerprint density at radius 3 is 2.94 bits per heavy atom. The molecule has 1 aliphatic carbocycles. The number of benzene rings is 1. The normalized spacial score (nSPS) is 24.3. The zero-order chi connectivity index (χ0) is 20.0. The van der Waals surface area contributed by atoms with Crippen molar-refractivity contribution in [1.29, 1.82) is 0 Å². The fraction of sp³-hybridized carbons (Fsp3) is 0.400. The van der Waals surface area contributed by atoms with E-state index in [0.717, 1.165) is 37.3 Å². The van der Waals surface area contributed by atoms with Crippen LogP contribution in [-0.2, 0) is 22.3 Å². The summed E-state index contributed by atoms with van der Waals surface area (Å²) in [4.78, 5) is 0.506. The minimum absolute atomic E-state index is 0. The second-order valence-electron chi connectivity index (χ2n) is 7.62. The van der Waals surface area contributed by atoms with Crippen molar-refractivity contribution in [2.45, 2.75) is 42.7 Å². The molecule has 0 saturated heterocycles. The van der Waals surface area contributed by atoms with Crippen LogP contribution in [0.4, 0.5) is 15.9 Å². The first-order valence-corrected chi connectivity index (χ1v) is 10.8. The Balaban J connectivity index is 0.00000136. The molecule has 1 aromatic carbocycles. The molecule has 5 rings (SSSR count). The van der Waals surface area contributed by atoms with Crippen LogP contribution in [0.15, 0.2) is 35.1 Å². The fourth-order valence-electron chi connectivity index (χ4n) is 4.13. The quantitative estimate of drug-likeness (QED) is 0.376. The number of nitrogens with zero attached hydrogens (tertiary/aromatic N) is 2. The summed E-state index contributed by atoms with van der Waals surface area (Å²) in [7, 11) is 0.621. The largest absolute Gasteiger partial charge is 1.00 e. The molecule has 0 bridgehead atoms. The number of hydrazine groups is 1. The standard InChI is InChI=1S/C19H23FN6O2S.CH3.Cs/c1-26-10-13(8-21-26)28-12-3-2-11(6-12)16-7-18(25-24-16)23-15-4-5-17-14(19(15)20)9-22-29(17)27;;/h4-5,7,10-12,21-22H,2-3,6,8-9H2,1H3,(H2,23,24,25);1H3;/q;-1;+1. The monoisotopic (exact) mass is 566 g/mol. The zero-order valence-corrected chi connectivity index (χ0v) is 25.1. The molecule has 3 aliphatic rings. The smallest absolute Gasteiger partial charge is 0.492 e. The van der Waals surface area contributed by atoms with Crippen LogP contribution in [0.2, 0.25) is 0 Å².